The van der Waals surface area contributed by atoms with Gasteiger partial charge < -0.3 is 10.5 Å². The largest absolute Gasteiger partial charge is 0.473 e. The van der Waals surface area contributed by atoms with Crippen LogP contribution in [0.4, 0.5) is 4.39 Å². The summed E-state index contributed by atoms with van der Waals surface area (Å²) in [7, 11) is 0. The van der Waals surface area contributed by atoms with Crippen molar-refractivity contribution in [1.82, 2.24) is 4.98 Å². The van der Waals surface area contributed by atoms with E-state index in [1.165, 1.54) is 12.1 Å². The van der Waals surface area contributed by atoms with Crippen molar-refractivity contribution in [2.75, 3.05) is 0 Å². The Morgan fingerprint density at radius 3 is 2.56 bits per heavy atom. The average Bonchev–Trinajstić information content (AvgIpc) is 2.39. The molecular weight excluding hydrogens is 231 g/mol. The molecule has 1 aromatic heterocycles. The van der Waals surface area contributed by atoms with Crippen molar-refractivity contribution < 1.29 is 9.13 Å². The van der Waals surface area contributed by atoms with Crippen LogP contribution in [-0.4, -0.2) is 4.98 Å². The Kier molecular flexibility index (Phi) is 3.89. The van der Waals surface area contributed by atoms with Gasteiger partial charge in [-0.05, 0) is 36.2 Å². The number of aromatic nitrogens is 1. The van der Waals surface area contributed by atoms with Crippen LogP contribution in [0.25, 0.3) is 0 Å². The lowest BCUT2D eigenvalue weighted by atomic mass is 10.2. The van der Waals surface area contributed by atoms with Crippen LogP contribution in [0.5, 0.6) is 5.88 Å². The average molecular weight is 246 g/mol. The van der Waals surface area contributed by atoms with Crippen molar-refractivity contribution in [3.8, 4) is 5.88 Å². The van der Waals surface area contributed by atoms with E-state index in [1.54, 1.807) is 18.3 Å². The normalized spacial score (nSPS) is 10.4. The van der Waals surface area contributed by atoms with Gasteiger partial charge in [-0.25, -0.2) is 9.37 Å². The summed E-state index contributed by atoms with van der Waals surface area (Å²) >= 11 is 0. The zero-order chi connectivity index (χ0) is 13.0. The van der Waals surface area contributed by atoms with Gasteiger partial charge in [-0.3, -0.25) is 0 Å². The number of pyridine rings is 1. The van der Waals surface area contributed by atoms with E-state index < -0.39 is 0 Å². The SMILES string of the molecule is Cc1cc(CN)cnc1OCc1ccc(F)cc1. The van der Waals surface area contributed by atoms with Crippen LogP contribution < -0.4 is 10.5 Å². The molecule has 1 aromatic carbocycles. The molecule has 0 bridgehead atoms. The zero-order valence-corrected chi connectivity index (χ0v) is 10.2. The van der Waals surface area contributed by atoms with Crippen molar-refractivity contribution in [2.24, 2.45) is 5.73 Å². The van der Waals surface area contributed by atoms with E-state index in [0.717, 1.165) is 16.7 Å². The molecule has 4 heteroatoms. The second-order valence-electron chi connectivity index (χ2n) is 4.08. The highest BCUT2D eigenvalue weighted by molar-refractivity contribution is 5.28. The lowest BCUT2D eigenvalue weighted by Gasteiger charge is -2.09. The molecule has 0 radical (unpaired) electrons. The molecule has 0 atom stereocenters. The summed E-state index contributed by atoms with van der Waals surface area (Å²) in [6, 6.07) is 8.16. The molecule has 0 aliphatic carbocycles. The van der Waals surface area contributed by atoms with Gasteiger partial charge in [0.1, 0.15) is 12.4 Å². The number of hydrogen-bond acceptors (Lipinski definition) is 3. The predicted octanol–water partition coefficient (Wildman–Crippen LogP) is 2.57. The fraction of sp³-hybridized carbons (Fsp3) is 0.214. The van der Waals surface area contributed by atoms with E-state index in [-0.39, 0.29) is 5.82 Å². The van der Waals surface area contributed by atoms with E-state index in [0.29, 0.717) is 19.0 Å². The van der Waals surface area contributed by atoms with Gasteiger partial charge in [0.05, 0.1) is 0 Å². The molecule has 2 aromatic rings. The van der Waals surface area contributed by atoms with Crippen molar-refractivity contribution in [1.29, 1.82) is 0 Å². The van der Waals surface area contributed by atoms with Crippen LogP contribution in [-0.2, 0) is 13.2 Å². The van der Waals surface area contributed by atoms with Crippen molar-refractivity contribution in [3.05, 3.63) is 59.0 Å². The molecule has 0 spiro atoms. The summed E-state index contributed by atoms with van der Waals surface area (Å²) in [5.41, 5.74) is 8.35. The second kappa shape index (κ2) is 5.60. The molecule has 18 heavy (non-hydrogen) atoms. The number of halogens is 1. The van der Waals surface area contributed by atoms with Gasteiger partial charge in [0.15, 0.2) is 0 Å². The van der Waals surface area contributed by atoms with Gasteiger partial charge in [0, 0.05) is 18.3 Å². The first-order valence-electron chi connectivity index (χ1n) is 5.72. The third-order valence-electron chi connectivity index (χ3n) is 2.61. The summed E-state index contributed by atoms with van der Waals surface area (Å²) < 4.78 is 18.3. The molecule has 1 heterocycles. The Balaban J connectivity index is 2.04. The Morgan fingerprint density at radius 2 is 1.94 bits per heavy atom. The number of nitrogens with two attached hydrogens (primary N) is 1. The van der Waals surface area contributed by atoms with Gasteiger partial charge in [-0.2, -0.15) is 0 Å². The summed E-state index contributed by atoms with van der Waals surface area (Å²) in [6.07, 6.45) is 1.70. The third-order valence-corrected chi connectivity index (χ3v) is 2.61. The van der Waals surface area contributed by atoms with Gasteiger partial charge in [-0.15, -0.1) is 0 Å². The Bertz CT molecular complexity index is 526. The molecule has 0 fully saturated rings. The highest BCUT2D eigenvalue weighted by Crippen LogP contribution is 2.16. The Hall–Kier alpha value is -1.94. The van der Waals surface area contributed by atoms with Gasteiger partial charge in [-0.1, -0.05) is 12.1 Å². The molecular formula is C14H15FN2O. The van der Waals surface area contributed by atoms with Crippen LogP contribution in [0.2, 0.25) is 0 Å². The smallest absolute Gasteiger partial charge is 0.216 e. The van der Waals surface area contributed by atoms with E-state index in [4.69, 9.17) is 10.5 Å². The summed E-state index contributed by atoms with van der Waals surface area (Å²) in [6.45, 7) is 2.76. The highest BCUT2D eigenvalue weighted by atomic mass is 19.1. The molecule has 94 valence electrons. The first-order valence-corrected chi connectivity index (χ1v) is 5.72. The molecule has 3 nitrogen and oxygen atoms in total. The minimum atomic E-state index is -0.250. The maximum Gasteiger partial charge on any atom is 0.216 e. The Morgan fingerprint density at radius 1 is 1.22 bits per heavy atom. The fourth-order valence-electron chi connectivity index (χ4n) is 1.62. The quantitative estimate of drug-likeness (QED) is 0.902. The maximum absolute atomic E-state index is 12.7. The first-order chi connectivity index (χ1) is 8.69. The number of benzene rings is 1. The van der Waals surface area contributed by atoms with Crippen molar-refractivity contribution in [3.63, 3.8) is 0 Å². The molecule has 0 amide bonds. The van der Waals surface area contributed by atoms with Crippen molar-refractivity contribution >= 4 is 0 Å². The van der Waals surface area contributed by atoms with Crippen LogP contribution >= 0.6 is 0 Å². The van der Waals surface area contributed by atoms with E-state index >= 15 is 0 Å². The minimum absolute atomic E-state index is 0.250. The van der Waals surface area contributed by atoms with E-state index in [2.05, 4.69) is 4.98 Å². The number of rotatable bonds is 4. The number of aryl methyl sites for hydroxylation is 1. The number of nitrogens with zero attached hydrogens (tertiary/aromatic N) is 1. The summed E-state index contributed by atoms with van der Waals surface area (Å²) in [5.74, 6) is 0.330. The third kappa shape index (κ3) is 3.05. The molecule has 0 aliphatic heterocycles. The molecule has 2 rings (SSSR count). The summed E-state index contributed by atoms with van der Waals surface area (Å²) in [5, 5.41) is 0. The lowest BCUT2D eigenvalue weighted by Crippen LogP contribution is -2.02. The van der Waals surface area contributed by atoms with Crippen LogP contribution in [0.1, 0.15) is 16.7 Å². The second-order valence-corrected chi connectivity index (χ2v) is 4.08. The molecule has 2 N–H and O–H groups in total. The topological polar surface area (TPSA) is 48.1 Å². The van der Waals surface area contributed by atoms with E-state index in [9.17, 15) is 4.39 Å². The van der Waals surface area contributed by atoms with Crippen LogP contribution in [0.15, 0.2) is 36.5 Å². The monoisotopic (exact) mass is 246 g/mol. The number of ether oxygens (including phenoxy) is 1. The van der Waals surface area contributed by atoms with E-state index in [1.807, 2.05) is 13.0 Å². The van der Waals surface area contributed by atoms with Gasteiger partial charge in [0.25, 0.3) is 0 Å². The van der Waals surface area contributed by atoms with Gasteiger partial charge in [0.2, 0.25) is 5.88 Å². The summed E-state index contributed by atoms with van der Waals surface area (Å²) in [4.78, 5) is 4.21. The van der Waals surface area contributed by atoms with Crippen LogP contribution in [0.3, 0.4) is 0 Å². The van der Waals surface area contributed by atoms with Crippen LogP contribution in [0, 0.1) is 12.7 Å². The molecule has 0 unspecified atom stereocenters. The maximum atomic E-state index is 12.7. The molecule has 0 saturated heterocycles. The fourth-order valence-corrected chi connectivity index (χ4v) is 1.62. The Labute approximate surface area is 105 Å². The van der Waals surface area contributed by atoms with Crippen molar-refractivity contribution in [2.45, 2.75) is 20.1 Å². The molecule has 0 aliphatic rings. The minimum Gasteiger partial charge on any atom is -0.473 e. The number of hydrogen-bond donors (Lipinski definition) is 1. The first kappa shape index (κ1) is 12.5. The molecule has 0 saturated carbocycles. The van der Waals surface area contributed by atoms with Gasteiger partial charge >= 0.3 is 0 Å². The zero-order valence-electron chi connectivity index (χ0n) is 10.2. The lowest BCUT2D eigenvalue weighted by molar-refractivity contribution is 0.291. The standard InChI is InChI=1S/C14H15FN2O/c1-10-6-12(7-16)8-17-14(10)18-9-11-2-4-13(15)5-3-11/h2-6,8H,7,9,16H2,1H3. The predicted molar refractivity (Wildman–Crippen MR) is 67.6 cm³/mol. The highest BCUT2D eigenvalue weighted by Gasteiger charge is 2.03.